The van der Waals surface area contributed by atoms with E-state index in [0.29, 0.717) is 6.54 Å². The molecule has 0 aliphatic carbocycles. The van der Waals surface area contributed by atoms with Gasteiger partial charge in [-0.25, -0.2) is 4.39 Å². The van der Waals surface area contributed by atoms with E-state index in [4.69, 9.17) is 4.74 Å². The minimum absolute atomic E-state index is 0.0944. The second-order valence-electron chi connectivity index (χ2n) is 3.72. The first-order valence-corrected chi connectivity index (χ1v) is 5.88. The minimum atomic E-state index is -0.673. The molecule has 1 atom stereocenters. The first-order valence-electron chi connectivity index (χ1n) is 5.08. The van der Waals surface area contributed by atoms with E-state index in [1.807, 2.05) is 0 Å². The van der Waals surface area contributed by atoms with Gasteiger partial charge in [0.2, 0.25) is 0 Å². The third-order valence-electron chi connectivity index (χ3n) is 2.51. The van der Waals surface area contributed by atoms with Gasteiger partial charge in [0.25, 0.3) is 0 Å². The summed E-state index contributed by atoms with van der Waals surface area (Å²) in [6.45, 7) is 1.47. The second kappa shape index (κ2) is 4.97. The van der Waals surface area contributed by atoms with E-state index in [0.717, 1.165) is 19.0 Å². The summed E-state index contributed by atoms with van der Waals surface area (Å²) in [5, 5.41) is 13.9. The van der Waals surface area contributed by atoms with E-state index in [-0.39, 0.29) is 22.0 Å². The molecular formula is C10H10BrFN2O3. The van der Waals surface area contributed by atoms with E-state index < -0.39 is 10.7 Å². The van der Waals surface area contributed by atoms with Crippen molar-refractivity contribution in [2.75, 3.05) is 13.1 Å². The topological polar surface area (TPSA) is 64.4 Å². The molecule has 2 rings (SSSR count). The van der Waals surface area contributed by atoms with Crippen LogP contribution >= 0.6 is 15.9 Å². The summed E-state index contributed by atoms with van der Waals surface area (Å²) in [4.78, 5) is 10.1. The Morgan fingerprint density at radius 1 is 1.59 bits per heavy atom. The molecule has 0 bridgehead atoms. The third-order valence-corrected chi connectivity index (χ3v) is 3.11. The fourth-order valence-electron chi connectivity index (χ4n) is 1.66. The van der Waals surface area contributed by atoms with Crippen molar-refractivity contribution in [1.82, 2.24) is 5.32 Å². The monoisotopic (exact) mass is 304 g/mol. The largest absolute Gasteiger partial charge is 0.482 e. The van der Waals surface area contributed by atoms with Crippen molar-refractivity contribution < 1.29 is 14.1 Å². The van der Waals surface area contributed by atoms with Gasteiger partial charge in [-0.1, -0.05) is 0 Å². The van der Waals surface area contributed by atoms with Gasteiger partial charge in [0.05, 0.1) is 15.5 Å². The van der Waals surface area contributed by atoms with E-state index in [1.165, 1.54) is 6.07 Å². The maximum Gasteiger partial charge on any atom is 0.313 e. The zero-order valence-electron chi connectivity index (χ0n) is 8.78. The van der Waals surface area contributed by atoms with Crippen LogP contribution in [0.3, 0.4) is 0 Å². The molecule has 1 N–H and O–H groups in total. The fraction of sp³-hybridized carbons (Fsp3) is 0.400. The third kappa shape index (κ3) is 2.73. The highest BCUT2D eigenvalue weighted by molar-refractivity contribution is 9.10. The summed E-state index contributed by atoms with van der Waals surface area (Å²) in [6.07, 6.45) is 0.678. The predicted octanol–water partition coefficient (Wildman–Crippen LogP) is 2.24. The lowest BCUT2D eigenvalue weighted by Gasteiger charge is -2.12. The molecule has 1 fully saturated rings. The number of nitrogens with zero attached hydrogens (tertiary/aromatic N) is 1. The number of ether oxygens (including phenoxy) is 1. The maximum absolute atomic E-state index is 13.2. The van der Waals surface area contributed by atoms with Crippen molar-refractivity contribution in [3.05, 3.63) is 32.5 Å². The van der Waals surface area contributed by atoms with Crippen LogP contribution in [0.15, 0.2) is 16.6 Å². The van der Waals surface area contributed by atoms with Crippen LogP contribution in [-0.4, -0.2) is 24.1 Å². The number of nitrogens with one attached hydrogen (secondary N) is 1. The second-order valence-corrected chi connectivity index (χ2v) is 4.58. The van der Waals surface area contributed by atoms with Crippen molar-refractivity contribution in [3.63, 3.8) is 0 Å². The molecule has 1 unspecified atom stereocenters. The quantitative estimate of drug-likeness (QED) is 0.687. The lowest BCUT2D eigenvalue weighted by molar-refractivity contribution is -0.386. The highest BCUT2D eigenvalue weighted by atomic mass is 79.9. The number of nitro benzene ring substituents is 1. The molecule has 17 heavy (non-hydrogen) atoms. The van der Waals surface area contributed by atoms with Gasteiger partial charge in [-0.15, -0.1) is 0 Å². The zero-order valence-corrected chi connectivity index (χ0v) is 10.4. The van der Waals surface area contributed by atoms with Gasteiger partial charge in [0.1, 0.15) is 11.9 Å². The van der Waals surface area contributed by atoms with Crippen LogP contribution in [0.5, 0.6) is 5.75 Å². The van der Waals surface area contributed by atoms with E-state index in [9.17, 15) is 14.5 Å². The van der Waals surface area contributed by atoms with Crippen LogP contribution in [0.25, 0.3) is 0 Å². The highest BCUT2D eigenvalue weighted by Gasteiger charge is 2.23. The Kier molecular flexibility index (Phi) is 3.58. The SMILES string of the molecule is O=[N+]([O-])c1cc(F)c(Br)cc1OC1CCNC1. The smallest absolute Gasteiger partial charge is 0.313 e. The molecule has 0 aromatic heterocycles. The summed E-state index contributed by atoms with van der Waals surface area (Å²) in [5.41, 5.74) is -0.349. The van der Waals surface area contributed by atoms with Crippen molar-refractivity contribution in [1.29, 1.82) is 0 Å². The van der Waals surface area contributed by atoms with E-state index in [2.05, 4.69) is 21.2 Å². The van der Waals surface area contributed by atoms with Gasteiger partial charge in [-0.05, 0) is 28.9 Å². The molecule has 1 aliphatic rings. The molecule has 1 saturated heterocycles. The summed E-state index contributed by atoms with van der Waals surface area (Å²) < 4.78 is 18.9. The normalized spacial score (nSPS) is 19.3. The maximum atomic E-state index is 13.2. The van der Waals surface area contributed by atoms with Crippen LogP contribution in [0.4, 0.5) is 10.1 Å². The number of benzene rings is 1. The van der Waals surface area contributed by atoms with Gasteiger partial charge in [-0.2, -0.15) is 0 Å². The molecule has 0 saturated carbocycles. The molecule has 1 aromatic rings. The minimum Gasteiger partial charge on any atom is -0.482 e. The van der Waals surface area contributed by atoms with Gasteiger partial charge in [-0.3, -0.25) is 10.1 Å². The van der Waals surface area contributed by atoms with Crippen LogP contribution in [0.2, 0.25) is 0 Å². The van der Waals surface area contributed by atoms with Crippen molar-refractivity contribution >= 4 is 21.6 Å². The number of hydrogen-bond acceptors (Lipinski definition) is 4. The lowest BCUT2D eigenvalue weighted by Crippen LogP contribution is -2.20. The van der Waals surface area contributed by atoms with Gasteiger partial charge >= 0.3 is 5.69 Å². The van der Waals surface area contributed by atoms with Gasteiger partial charge < -0.3 is 10.1 Å². The van der Waals surface area contributed by atoms with Crippen molar-refractivity contribution in [3.8, 4) is 5.75 Å². The summed E-state index contributed by atoms with van der Waals surface area (Å²) in [6, 6.07) is 2.16. The molecule has 0 amide bonds. The molecule has 1 aromatic carbocycles. The molecule has 0 radical (unpaired) electrons. The first kappa shape index (κ1) is 12.3. The average Bonchev–Trinajstić information content (AvgIpc) is 2.75. The number of hydrogen-bond donors (Lipinski definition) is 1. The molecule has 5 nitrogen and oxygen atoms in total. The molecular weight excluding hydrogens is 295 g/mol. The summed E-state index contributed by atoms with van der Waals surface area (Å²) in [7, 11) is 0. The van der Waals surface area contributed by atoms with Crippen LogP contribution in [0.1, 0.15) is 6.42 Å². The highest BCUT2D eigenvalue weighted by Crippen LogP contribution is 2.33. The number of rotatable bonds is 3. The predicted molar refractivity (Wildman–Crippen MR) is 62.7 cm³/mol. The summed E-state index contributed by atoms with van der Waals surface area (Å²) in [5.74, 6) is -0.578. The Morgan fingerprint density at radius 2 is 2.35 bits per heavy atom. The van der Waals surface area contributed by atoms with Crippen molar-refractivity contribution in [2.45, 2.75) is 12.5 Å². The molecule has 0 spiro atoms. The average molecular weight is 305 g/mol. The number of halogens is 2. The van der Waals surface area contributed by atoms with Gasteiger partial charge in [0.15, 0.2) is 5.75 Å². The Balaban J connectivity index is 2.29. The summed E-state index contributed by atoms with van der Waals surface area (Å²) >= 11 is 2.99. The van der Waals surface area contributed by atoms with E-state index >= 15 is 0 Å². The first-order chi connectivity index (χ1) is 8.08. The van der Waals surface area contributed by atoms with Crippen LogP contribution in [0, 0.1) is 15.9 Å². The Morgan fingerprint density at radius 3 is 2.94 bits per heavy atom. The van der Waals surface area contributed by atoms with Gasteiger partial charge in [0, 0.05) is 12.6 Å². The Labute approximate surface area is 105 Å². The van der Waals surface area contributed by atoms with Crippen LogP contribution < -0.4 is 10.1 Å². The number of nitro groups is 1. The van der Waals surface area contributed by atoms with E-state index in [1.54, 1.807) is 0 Å². The Bertz CT molecular complexity index is 449. The van der Waals surface area contributed by atoms with Crippen LogP contribution in [-0.2, 0) is 0 Å². The standard InChI is InChI=1S/C10H10BrFN2O3/c11-7-3-10(17-6-1-2-13-5-6)9(14(15)16)4-8(7)12/h3-4,6,13H,1-2,5H2. The molecule has 7 heteroatoms. The van der Waals surface area contributed by atoms with Crippen molar-refractivity contribution in [2.24, 2.45) is 0 Å². The lowest BCUT2D eigenvalue weighted by atomic mass is 10.2. The zero-order chi connectivity index (χ0) is 12.4. The molecule has 1 aliphatic heterocycles. The molecule has 92 valence electrons. The molecule has 1 heterocycles. The fourth-order valence-corrected chi connectivity index (χ4v) is 1.99. The Hall–Kier alpha value is -1.21.